The molecule has 0 unspecified atom stereocenters. The van der Waals surface area contributed by atoms with Gasteiger partial charge in [0.15, 0.2) is 5.16 Å². The molecule has 0 aliphatic heterocycles. The molecule has 0 amide bonds. The van der Waals surface area contributed by atoms with Gasteiger partial charge in [0.1, 0.15) is 5.76 Å². The third kappa shape index (κ3) is 4.24. The average molecular weight is 480 g/mol. The number of rotatable bonds is 6. The Balaban J connectivity index is 1.47. The van der Waals surface area contributed by atoms with Gasteiger partial charge in [0.25, 0.3) is 5.56 Å². The van der Waals surface area contributed by atoms with Crippen LogP contribution < -0.4 is 5.56 Å². The van der Waals surface area contributed by atoms with E-state index in [1.54, 1.807) is 15.9 Å². The lowest BCUT2D eigenvalue weighted by Gasteiger charge is -2.12. The number of aromatic nitrogens is 3. The summed E-state index contributed by atoms with van der Waals surface area (Å²) in [5.74, 6) is 1.84. The van der Waals surface area contributed by atoms with E-state index in [1.165, 1.54) is 11.8 Å². The fraction of sp³-hybridized carbons (Fsp3) is 0.125. The zero-order valence-electron chi connectivity index (χ0n) is 17.1. The maximum Gasteiger partial charge on any atom is 0.262 e. The van der Waals surface area contributed by atoms with E-state index in [0.717, 1.165) is 21.9 Å². The first-order valence-electron chi connectivity index (χ1n) is 9.95. The minimum Gasteiger partial charge on any atom is -0.441 e. The van der Waals surface area contributed by atoms with Gasteiger partial charge in [-0.2, -0.15) is 0 Å². The van der Waals surface area contributed by atoms with Gasteiger partial charge in [0, 0.05) is 21.2 Å². The van der Waals surface area contributed by atoms with Gasteiger partial charge in [-0.3, -0.25) is 9.36 Å². The van der Waals surface area contributed by atoms with Crippen molar-refractivity contribution < 1.29 is 4.42 Å². The van der Waals surface area contributed by atoms with Gasteiger partial charge in [-0.15, -0.1) is 11.3 Å². The molecule has 32 heavy (non-hydrogen) atoms. The molecule has 0 aliphatic carbocycles. The highest BCUT2D eigenvalue weighted by Crippen LogP contribution is 2.28. The van der Waals surface area contributed by atoms with Gasteiger partial charge in [-0.05, 0) is 54.8 Å². The Morgan fingerprint density at radius 3 is 2.66 bits per heavy atom. The van der Waals surface area contributed by atoms with Crippen molar-refractivity contribution in [2.24, 2.45) is 0 Å². The Labute approximate surface area is 197 Å². The van der Waals surface area contributed by atoms with Crippen LogP contribution >= 0.6 is 34.7 Å². The topological polar surface area (TPSA) is 60.9 Å². The first-order chi connectivity index (χ1) is 15.6. The molecular weight excluding hydrogens is 462 g/mol. The summed E-state index contributed by atoms with van der Waals surface area (Å²) in [6.07, 6.45) is 0. The monoisotopic (exact) mass is 479 g/mol. The van der Waals surface area contributed by atoms with Crippen LogP contribution in [-0.2, 0) is 12.3 Å². The standard InChI is InChI=1S/C24H18ClN3O2S2/c1-15-21(26-22(30-15)16-8-10-17(25)11-9-16)14-32-24-27-20-7-3-2-6-19(20)23(29)28(24)13-18-5-4-12-31-18/h2-12H,13-14H2,1H3. The molecule has 0 saturated heterocycles. The van der Waals surface area contributed by atoms with Crippen LogP contribution in [0.4, 0.5) is 0 Å². The van der Waals surface area contributed by atoms with Crippen molar-refractivity contribution in [1.82, 2.24) is 14.5 Å². The molecule has 0 fully saturated rings. The van der Waals surface area contributed by atoms with Crippen molar-refractivity contribution in [3.63, 3.8) is 0 Å². The van der Waals surface area contributed by atoms with Crippen molar-refractivity contribution >= 4 is 45.6 Å². The Morgan fingerprint density at radius 2 is 1.88 bits per heavy atom. The van der Waals surface area contributed by atoms with Crippen molar-refractivity contribution in [2.45, 2.75) is 24.4 Å². The van der Waals surface area contributed by atoms with Crippen molar-refractivity contribution in [3.05, 3.63) is 97.8 Å². The number of fused-ring (bicyclic) bond motifs is 1. The molecule has 8 heteroatoms. The molecule has 5 rings (SSSR count). The number of thiophene rings is 1. The second-order valence-corrected chi connectivity index (χ2v) is 9.61. The zero-order valence-corrected chi connectivity index (χ0v) is 19.5. The normalized spacial score (nSPS) is 11.3. The van der Waals surface area contributed by atoms with Gasteiger partial charge < -0.3 is 4.42 Å². The molecule has 0 atom stereocenters. The number of oxazole rings is 1. The number of thioether (sulfide) groups is 1. The van der Waals surface area contributed by atoms with Crippen LogP contribution in [0.5, 0.6) is 0 Å². The van der Waals surface area contributed by atoms with Gasteiger partial charge >= 0.3 is 0 Å². The maximum atomic E-state index is 13.2. The Hall–Kier alpha value is -2.87. The van der Waals surface area contributed by atoms with Crippen molar-refractivity contribution in [3.8, 4) is 11.5 Å². The van der Waals surface area contributed by atoms with Crippen LogP contribution in [0.25, 0.3) is 22.4 Å². The first kappa shape index (κ1) is 21.0. The van der Waals surface area contributed by atoms with Crippen LogP contribution in [-0.4, -0.2) is 14.5 Å². The minimum atomic E-state index is -0.0368. The van der Waals surface area contributed by atoms with Crippen molar-refractivity contribution in [2.75, 3.05) is 0 Å². The molecule has 0 aliphatic rings. The predicted molar refractivity (Wildman–Crippen MR) is 131 cm³/mol. The molecule has 5 aromatic rings. The molecule has 2 aromatic carbocycles. The number of benzene rings is 2. The van der Waals surface area contributed by atoms with Crippen molar-refractivity contribution in [1.29, 1.82) is 0 Å². The van der Waals surface area contributed by atoms with E-state index in [4.69, 9.17) is 21.0 Å². The summed E-state index contributed by atoms with van der Waals surface area (Å²) in [4.78, 5) is 23.8. The summed E-state index contributed by atoms with van der Waals surface area (Å²) < 4.78 is 7.63. The largest absolute Gasteiger partial charge is 0.441 e. The van der Waals surface area contributed by atoms with Crippen LogP contribution in [0.2, 0.25) is 5.02 Å². The van der Waals surface area contributed by atoms with E-state index in [1.807, 2.05) is 73.0 Å². The first-order valence-corrected chi connectivity index (χ1v) is 12.2. The molecule has 3 heterocycles. The predicted octanol–water partition coefficient (Wildman–Crippen LogP) is 6.42. The van der Waals surface area contributed by atoms with E-state index in [0.29, 0.717) is 39.3 Å². The maximum absolute atomic E-state index is 13.2. The van der Waals surface area contributed by atoms with E-state index in [2.05, 4.69) is 4.98 Å². The van der Waals surface area contributed by atoms with Crippen LogP contribution in [0.15, 0.2) is 80.4 Å². The second kappa shape index (κ2) is 8.94. The van der Waals surface area contributed by atoms with Gasteiger partial charge in [-0.1, -0.05) is 41.6 Å². The SMILES string of the molecule is Cc1oc(-c2ccc(Cl)cc2)nc1CSc1nc2ccccc2c(=O)n1Cc1cccs1. The van der Waals surface area contributed by atoms with E-state index in [9.17, 15) is 4.79 Å². The molecule has 3 aromatic heterocycles. The average Bonchev–Trinajstić information content (AvgIpc) is 3.45. The zero-order chi connectivity index (χ0) is 22.1. The number of hydrogen-bond donors (Lipinski definition) is 0. The fourth-order valence-electron chi connectivity index (χ4n) is 3.37. The molecule has 0 saturated carbocycles. The van der Waals surface area contributed by atoms with E-state index >= 15 is 0 Å². The Bertz CT molecular complexity index is 1440. The molecule has 0 N–H and O–H groups in total. The highest BCUT2D eigenvalue weighted by Gasteiger charge is 2.16. The molecular formula is C24H18ClN3O2S2. The smallest absolute Gasteiger partial charge is 0.262 e. The number of para-hydroxylation sites is 1. The van der Waals surface area contributed by atoms with Gasteiger partial charge in [-0.25, -0.2) is 9.97 Å². The summed E-state index contributed by atoms with van der Waals surface area (Å²) in [6.45, 7) is 2.39. The number of nitrogens with zero attached hydrogens (tertiary/aromatic N) is 3. The minimum absolute atomic E-state index is 0.0368. The summed E-state index contributed by atoms with van der Waals surface area (Å²) in [5.41, 5.74) is 2.35. The Morgan fingerprint density at radius 1 is 1.06 bits per heavy atom. The quantitative estimate of drug-likeness (QED) is 0.208. The molecule has 5 nitrogen and oxygen atoms in total. The fourth-order valence-corrected chi connectivity index (χ4v) is 5.18. The third-order valence-corrected chi connectivity index (χ3v) is 7.14. The summed E-state index contributed by atoms with van der Waals surface area (Å²) in [5, 5.41) is 3.96. The molecule has 160 valence electrons. The Kier molecular flexibility index (Phi) is 5.87. The second-order valence-electron chi connectivity index (χ2n) is 7.20. The number of halogens is 1. The number of hydrogen-bond acceptors (Lipinski definition) is 6. The summed E-state index contributed by atoms with van der Waals surface area (Å²) >= 11 is 9.10. The third-order valence-electron chi connectivity index (χ3n) is 5.04. The summed E-state index contributed by atoms with van der Waals surface area (Å²) in [6, 6.07) is 18.9. The lowest BCUT2D eigenvalue weighted by atomic mass is 10.2. The van der Waals surface area contributed by atoms with Gasteiger partial charge in [0.05, 0.1) is 23.1 Å². The van der Waals surface area contributed by atoms with E-state index < -0.39 is 0 Å². The molecule has 0 bridgehead atoms. The highest BCUT2D eigenvalue weighted by atomic mass is 35.5. The van der Waals surface area contributed by atoms with Crippen LogP contribution in [0.1, 0.15) is 16.3 Å². The molecule has 0 spiro atoms. The van der Waals surface area contributed by atoms with E-state index in [-0.39, 0.29) is 5.56 Å². The number of aryl methyl sites for hydroxylation is 1. The van der Waals surface area contributed by atoms with Gasteiger partial charge in [0.2, 0.25) is 5.89 Å². The van der Waals surface area contributed by atoms with Crippen LogP contribution in [0, 0.1) is 6.92 Å². The summed E-state index contributed by atoms with van der Waals surface area (Å²) in [7, 11) is 0. The molecule has 0 radical (unpaired) electrons. The van der Waals surface area contributed by atoms with Crippen LogP contribution in [0.3, 0.4) is 0 Å². The lowest BCUT2D eigenvalue weighted by molar-refractivity contribution is 0.540. The highest BCUT2D eigenvalue weighted by molar-refractivity contribution is 7.98. The lowest BCUT2D eigenvalue weighted by Crippen LogP contribution is -2.23.